The molecular formula is C13H19NO3. The summed E-state index contributed by atoms with van der Waals surface area (Å²) >= 11 is 0. The van der Waals surface area contributed by atoms with Gasteiger partial charge in [-0.15, -0.1) is 0 Å². The quantitative estimate of drug-likeness (QED) is 0.747. The molecule has 4 heteroatoms. The highest BCUT2D eigenvalue weighted by molar-refractivity contribution is 5.44. The molecule has 0 radical (unpaired) electrons. The molecule has 1 fully saturated rings. The van der Waals surface area contributed by atoms with Gasteiger partial charge in [-0.05, 0) is 31.4 Å². The van der Waals surface area contributed by atoms with Crippen molar-refractivity contribution >= 4 is 0 Å². The Morgan fingerprint density at radius 1 is 1.41 bits per heavy atom. The van der Waals surface area contributed by atoms with Gasteiger partial charge in [-0.25, -0.2) is 0 Å². The topological polar surface area (TPSA) is 61.7 Å². The highest BCUT2D eigenvalue weighted by Crippen LogP contribution is 2.32. The van der Waals surface area contributed by atoms with E-state index < -0.39 is 0 Å². The second-order valence-corrected chi connectivity index (χ2v) is 4.57. The van der Waals surface area contributed by atoms with Gasteiger partial charge in [-0.1, -0.05) is 6.07 Å². The molecule has 2 unspecified atom stereocenters. The fourth-order valence-electron chi connectivity index (χ4n) is 2.17. The van der Waals surface area contributed by atoms with Gasteiger partial charge in [0.1, 0.15) is 11.5 Å². The van der Waals surface area contributed by atoms with Crippen LogP contribution >= 0.6 is 0 Å². The number of benzene rings is 1. The molecule has 94 valence electrons. The van der Waals surface area contributed by atoms with E-state index in [0.29, 0.717) is 11.5 Å². The first-order valence-corrected chi connectivity index (χ1v) is 6.00. The number of hydrogen-bond donors (Lipinski definition) is 3. The molecule has 1 aliphatic rings. The van der Waals surface area contributed by atoms with Gasteiger partial charge in [0.15, 0.2) is 0 Å². The van der Waals surface area contributed by atoms with Crippen molar-refractivity contribution in [2.45, 2.75) is 19.4 Å². The van der Waals surface area contributed by atoms with E-state index in [1.165, 1.54) is 0 Å². The SMILES string of the molecule is CC(NCC1CCOC1)c1c(O)cccc1O. The molecule has 0 spiro atoms. The van der Waals surface area contributed by atoms with Crippen LogP contribution in [0.4, 0.5) is 0 Å². The Balaban J connectivity index is 1.96. The average Bonchev–Trinajstić information content (AvgIpc) is 2.79. The standard InChI is InChI=1S/C13H19NO3/c1-9(14-7-10-5-6-17-8-10)13-11(15)3-2-4-12(13)16/h2-4,9-10,14-16H,5-8H2,1H3. The van der Waals surface area contributed by atoms with Crippen molar-refractivity contribution in [1.29, 1.82) is 0 Å². The van der Waals surface area contributed by atoms with Crippen LogP contribution < -0.4 is 5.32 Å². The Kier molecular flexibility index (Phi) is 3.86. The van der Waals surface area contributed by atoms with Gasteiger partial charge in [0.2, 0.25) is 0 Å². The molecule has 1 heterocycles. The second-order valence-electron chi connectivity index (χ2n) is 4.57. The Hall–Kier alpha value is -1.26. The van der Waals surface area contributed by atoms with Gasteiger partial charge >= 0.3 is 0 Å². The van der Waals surface area contributed by atoms with Gasteiger partial charge in [0.25, 0.3) is 0 Å². The third-order valence-electron chi connectivity index (χ3n) is 3.23. The lowest BCUT2D eigenvalue weighted by Gasteiger charge is -2.18. The van der Waals surface area contributed by atoms with E-state index >= 15 is 0 Å². The van der Waals surface area contributed by atoms with Crippen molar-refractivity contribution in [2.24, 2.45) is 5.92 Å². The van der Waals surface area contributed by atoms with E-state index in [9.17, 15) is 10.2 Å². The lowest BCUT2D eigenvalue weighted by Crippen LogP contribution is -2.26. The summed E-state index contributed by atoms with van der Waals surface area (Å²) < 4.78 is 5.30. The van der Waals surface area contributed by atoms with E-state index in [0.717, 1.165) is 26.2 Å². The summed E-state index contributed by atoms with van der Waals surface area (Å²) in [5.74, 6) is 0.797. The number of nitrogens with one attached hydrogen (secondary N) is 1. The summed E-state index contributed by atoms with van der Waals surface area (Å²) in [5.41, 5.74) is 0.561. The third-order valence-corrected chi connectivity index (χ3v) is 3.23. The van der Waals surface area contributed by atoms with Crippen molar-refractivity contribution in [3.05, 3.63) is 23.8 Å². The summed E-state index contributed by atoms with van der Waals surface area (Å²) in [5, 5.41) is 22.8. The lowest BCUT2D eigenvalue weighted by molar-refractivity contribution is 0.184. The zero-order valence-electron chi connectivity index (χ0n) is 10.0. The molecule has 4 nitrogen and oxygen atoms in total. The predicted octanol–water partition coefficient (Wildman–Crippen LogP) is 1.78. The summed E-state index contributed by atoms with van der Waals surface area (Å²) in [6.07, 6.45) is 1.08. The molecule has 0 bridgehead atoms. The largest absolute Gasteiger partial charge is 0.507 e. The molecular weight excluding hydrogens is 218 g/mol. The fourth-order valence-corrected chi connectivity index (χ4v) is 2.17. The second kappa shape index (κ2) is 5.38. The Labute approximate surface area is 101 Å². The summed E-state index contributed by atoms with van der Waals surface area (Å²) in [7, 11) is 0. The van der Waals surface area contributed by atoms with Crippen molar-refractivity contribution in [3.63, 3.8) is 0 Å². The molecule has 1 aromatic rings. The number of phenolic OH excluding ortho intramolecular Hbond substituents is 2. The first-order valence-electron chi connectivity index (χ1n) is 6.00. The fraction of sp³-hybridized carbons (Fsp3) is 0.538. The maximum Gasteiger partial charge on any atom is 0.124 e. The summed E-state index contributed by atoms with van der Waals surface area (Å²) in [4.78, 5) is 0. The average molecular weight is 237 g/mol. The number of rotatable bonds is 4. The maximum atomic E-state index is 9.73. The van der Waals surface area contributed by atoms with E-state index in [1.807, 2.05) is 6.92 Å². The normalized spacial score (nSPS) is 21.6. The zero-order valence-corrected chi connectivity index (χ0v) is 10.0. The molecule has 0 saturated carbocycles. The van der Waals surface area contributed by atoms with Crippen molar-refractivity contribution in [1.82, 2.24) is 5.32 Å². The van der Waals surface area contributed by atoms with E-state index in [1.54, 1.807) is 18.2 Å². The molecule has 3 N–H and O–H groups in total. The van der Waals surface area contributed by atoms with Gasteiger partial charge < -0.3 is 20.3 Å². The monoisotopic (exact) mass is 237 g/mol. The molecule has 2 rings (SSSR count). The Morgan fingerprint density at radius 3 is 2.71 bits per heavy atom. The lowest BCUT2D eigenvalue weighted by atomic mass is 10.0. The molecule has 1 aromatic carbocycles. The van der Waals surface area contributed by atoms with Gasteiger partial charge in [-0.2, -0.15) is 0 Å². The van der Waals surface area contributed by atoms with Crippen LogP contribution in [0.1, 0.15) is 24.9 Å². The Morgan fingerprint density at radius 2 is 2.12 bits per heavy atom. The minimum Gasteiger partial charge on any atom is -0.507 e. The third kappa shape index (κ3) is 2.90. The van der Waals surface area contributed by atoms with Gasteiger partial charge in [-0.3, -0.25) is 0 Å². The smallest absolute Gasteiger partial charge is 0.124 e. The summed E-state index contributed by atoms with van der Waals surface area (Å²) in [6, 6.07) is 4.74. The number of phenols is 2. The Bertz CT molecular complexity index is 355. The molecule has 0 amide bonds. The first kappa shape index (κ1) is 12.2. The highest BCUT2D eigenvalue weighted by atomic mass is 16.5. The van der Waals surface area contributed by atoms with Crippen molar-refractivity contribution in [2.75, 3.05) is 19.8 Å². The van der Waals surface area contributed by atoms with Crippen LogP contribution in [0.5, 0.6) is 11.5 Å². The minimum absolute atomic E-state index is 0.0724. The maximum absolute atomic E-state index is 9.73. The van der Waals surface area contributed by atoms with E-state index in [4.69, 9.17) is 4.74 Å². The highest BCUT2D eigenvalue weighted by Gasteiger charge is 2.19. The summed E-state index contributed by atoms with van der Waals surface area (Å²) in [6.45, 7) is 4.41. The number of hydrogen-bond acceptors (Lipinski definition) is 4. The van der Waals surface area contributed by atoms with Crippen molar-refractivity contribution < 1.29 is 14.9 Å². The van der Waals surface area contributed by atoms with Crippen molar-refractivity contribution in [3.8, 4) is 11.5 Å². The van der Waals surface area contributed by atoms with Crippen LogP contribution in [0.15, 0.2) is 18.2 Å². The molecule has 1 aliphatic heterocycles. The van der Waals surface area contributed by atoms with Gasteiger partial charge in [0, 0.05) is 19.2 Å². The zero-order chi connectivity index (χ0) is 12.3. The number of ether oxygens (including phenoxy) is 1. The van der Waals surface area contributed by atoms with Gasteiger partial charge in [0.05, 0.1) is 12.2 Å². The predicted molar refractivity (Wildman–Crippen MR) is 65.1 cm³/mol. The number of aromatic hydroxyl groups is 2. The van der Waals surface area contributed by atoms with Crippen LogP contribution in [-0.4, -0.2) is 30.0 Å². The molecule has 17 heavy (non-hydrogen) atoms. The minimum atomic E-state index is -0.0724. The molecule has 2 atom stereocenters. The van der Waals surface area contributed by atoms with E-state index in [2.05, 4.69) is 5.32 Å². The van der Waals surface area contributed by atoms with Crippen LogP contribution in [0.2, 0.25) is 0 Å². The van der Waals surface area contributed by atoms with Crippen LogP contribution in [0.25, 0.3) is 0 Å². The van der Waals surface area contributed by atoms with Crippen LogP contribution in [-0.2, 0) is 4.74 Å². The molecule has 0 aliphatic carbocycles. The van der Waals surface area contributed by atoms with Crippen LogP contribution in [0, 0.1) is 5.92 Å². The van der Waals surface area contributed by atoms with E-state index in [-0.39, 0.29) is 17.5 Å². The molecule has 1 saturated heterocycles. The van der Waals surface area contributed by atoms with Crippen LogP contribution in [0.3, 0.4) is 0 Å². The molecule has 0 aromatic heterocycles. The first-order chi connectivity index (χ1) is 8.18.